The maximum atomic E-state index is 12.5. The molecule has 25 heavy (non-hydrogen) atoms. The van der Waals surface area contributed by atoms with Crippen molar-refractivity contribution < 1.29 is 4.79 Å². The molecule has 0 aliphatic heterocycles. The first-order valence-corrected chi connectivity index (χ1v) is 8.33. The SMILES string of the molecule is CC(C)Cc1nc(NC(=O)c2cc(-c3ccccc3Cl)nn2C)n[nH]1. The summed E-state index contributed by atoms with van der Waals surface area (Å²) < 4.78 is 1.51. The van der Waals surface area contributed by atoms with Crippen molar-refractivity contribution in [3.63, 3.8) is 0 Å². The molecule has 0 bridgehead atoms. The molecule has 3 aromatic rings. The maximum absolute atomic E-state index is 12.5. The fourth-order valence-electron chi connectivity index (χ4n) is 2.48. The quantitative estimate of drug-likeness (QED) is 0.732. The van der Waals surface area contributed by atoms with E-state index in [1.165, 1.54) is 4.68 Å². The molecule has 0 atom stereocenters. The summed E-state index contributed by atoms with van der Waals surface area (Å²) in [5, 5.41) is 14.5. The number of aromatic amines is 1. The number of hydrogen-bond acceptors (Lipinski definition) is 4. The molecule has 0 saturated carbocycles. The van der Waals surface area contributed by atoms with Crippen LogP contribution in [0.25, 0.3) is 11.3 Å². The van der Waals surface area contributed by atoms with E-state index in [0.29, 0.717) is 22.3 Å². The van der Waals surface area contributed by atoms with Crippen LogP contribution in [0.3, 0.4) is 0 Å². The Balaban J connectivity index is 1.79. The number of H-pyrrole nitrogens is 1. The lowest BCUT2D eigenvalue weighted by molar-refractivity contribution is 0.101. The van der Waals surface area contributed by atoms with Crippen LogP contribution in [0.5, 0.6) is 0 Å². The summed E-state index contributed by atoms with van der Waals surface area (Å²) in [6.45, 7) is 4.18. The van der Waals surface area contributed by atoms with Crippen LogP contribution in [0.1, 0.15) is 30.2 Å². The number of aryl methyl sites for hydroxylation is 1. The van der Waals surface area contributed by atoms with Crippen LogP contribution in [0, 0.1) is 5.92 Å². The van der Waals surface area contributed by atoms with Crippen molar-refractivity contribution in [3.8, 4) is 11.3 Å². The van der Waals surface area contributed by atoms with E-state index < -0.39 is 0 Å². The normalized spacial score (nSPS) is 11.1. The predicted molar refractivity (Wildman–Crippen MR) is 96.5 cm³/mol. The summed E-state index contributed by atoms with van der Waals surface area (Å²) in [7, 11) is 1.71. The van der Waals surface area contributed by atoms with Crippen molar-refractivity contribution in [2.24, 2.45) is 13.0 Å². The summed E-state index contributed by atoms with van der Waals surface area (Å²) in [5.74, 6) is 1.11. The van der Waals surface area contributed by atoms with Crippen molar-refractivity contribution in [1.82, 2.24) is 25.0 Å². The molecule has 2 aromatic heterocycles. The number of benzene rings is 1. The van der Waals surface area contributed by atoms with Crippen LogP contribution in [0.2, 0.25) is 5.02 Å². The van der Waals surface area contributed by atoms with Gasteiger partial charge < -0.3 is 0 Å². The average Bonchev–Trinajstić information content (AvgIpc) is 3.13. The lowest BCUT2D eigenvalue weighted by atomic mass is 10.1. The van der Waals surface area contributed by atoms with Crippen molar-refractivity contribution in [3.05, 3.63) is 46.9 Å². The number of nitrogens with one attached hydrogen (secondary N) is 2. The number of hydrogen-bond donors (Lipinski definition) is 2. The summed E-state index contributed by atoms with van der Waals surface area (Å²) in [4.78, 5) is 16.8. The second-order valence-electron chi connectivity index (χ2n) is 6.18. The second-order valence-corrected chi connectivity index (χ2v) is 6.58. The van der Waals surface area contributed by atoms with E-state index in [9.17, 15) is 4.79 Å². The van der Waals surface area contributed by atoms with E-state index >= 15 is 0 Å². The second kappa shape index (κ2) is 7.06. The zero-order valence-electron chi connectivity index (χ0n) is 14.2. The molecule has 0 fully saturated rings. The highest BCUT2D eigenvalue weighted by atomic mass is 35.5. The standard InChI is InChI=1S/C17H19ClN6O/c1-10(2)8-15-19-17(22-21-15)20-16(25)14-9-13(23-24(14)3)11-6-4-5-7-12(11)18/h4-7,9-10H,8H2,1-3H3,(H2,19,20,21,22,25). The molecule has 0 unspecified atom stereocenters. The number of aromatic nitrogens is 5. The highest BCUT2D eigenvalue weighted by Crippen LogP contribution is 2.27. The Kier molecular flexibility index (Phi) is 4.85. The first-order valence-electron chi connectivity index (χ1n) is 7.95. The minimum absolute atomic E-state index is 0.251. The topological polar surface area (TPSA) is 88.5 Å². The van der Waals surface area contributed by atoms with Crippen molar-refractivity contribution in [2.75, 3.05) is 5.32 Å². The number of anilines is 1. The third-order valence-electron chi connectivity index (χ3n) is 3.62. The lowest BCUT2D eigenvalue weighted by Crippen LogP contribution is -2.16. The van der Waals surface area contributed by atoms with Crippen molar-refractivity contribution in [1.29, 1.82) is 0 Å². The average molecular weight is 359 g/mol. The molecule has 0 spiro atoms. The molecule has 2 heterocycles. The van der Waals surface area contributed by atoms with Crippen LogP contribution in [0.15, 0.2) is 30.3 Å². The predicted octanol–water partition coefficient (Wildman–Crippen LogP) is 3.31. The molecular weight excluding hydrogens is 340 g/mol. The molecule has 8 heteroatoms. The largest absolute Gasteiger partial charge is 0.288 e. The molecule has 7 nitrogen and oxygen atoms in total. The number of carbonyl (C=O) groups excluding carboxylic acids is 1. The Morgan fingerprint density at radius 3 is 2.84 bits per heavy atom. The summed E-state index contributed by atoms with van der Waals surface area (Å²) >= 11 is 6.20. The van der Waals surface area contributed by atoms with Crippen LogP contribution in [-0.4, -0.2) is 30.9 Å². The molecule has 0 aliphatic carbocycles. The molecule has 0 aliphatic rings. The Bertz CT molecular complexity index is 898. The molecule has 0 radical (unpaired) electrons. The monoisotopic (exact) mass is 358 g/mol. The summed E-state index contributed by atoms with van der Waals surface area (Å²) in [6.07, 6.45) is 0.769. The Hall–Kier alpha value is -2.67. The molecule has 0 saturated heterocycles. The van der Waals surface area contributed by atoms with Gasteiger partial charge in [0.2, 0.25) is 5.95 Å². The number of carbonyl (C=O) groups is 1. The minimum Gasteiger partial charge on any atom is -0.288 e. The van der Waals surface area contributed by atoms with Gasteiger partial charge >= 0.3 is 0 Å². The van der Waals surface area contributed by atoms with Crippen LogP contribution in [0.4, 0.5) is 5.95 Å². The minimum atomic E-state index is -0.330. The fourth-order valence-corrected chi connectivity index (χ4v) is 2.71. The Morgan fingerprint density at radius 2 is 2.12 bits per heavy atom. The summed E-state index contributed by atoms with van der Waals surface area (Å²) in [6, 6.07) is 9.06. The maximum Gasteiger partial charge on any atom is 0.276 e. The van der Waals surface area contributed by atoms with Crippen LogP contribution < -0.4 is 5.32 Å². The molecule has 3 rings (SSSR count). The molecule has 2 N–H and O–H groups in total. The van der Waals surface area contributed by atoms with Gasteiger partial charge in [-0.05, 0) is 18.1 Å². The molecular formula is C17H19ClN6O. The highest BCUT2D eigenvalue weighted by molar-refractivity contribution is 6.33. The smallest absolute Gasteiger partial charge is 0.276 e. The number of rotatable bonds is 5. The number of nitrogens with zero attached hydrogens (tertiary/aromatic N) is 4. The van der Waals surface area contributed by atoms with Gasteiger partial charge in [0.05, 0.1) is 10.7 Å². The number of halogens is 1. The van der Waals surface area contributed by atoms with E-state index in [-0.39, 0.29) is 11.9 Å². The van der Waals surface area contributed by atoms with Gasteiger partial charge in [-0.25, -0.2) is 0 Å². The van der Waals surface area contributed by atoms with Gasteiger partial charge in [-0.1, -0.05) is 43.6 Å². The van der Waals surface area contributed by atoms with Crippen molar-refractivity contribution >= 4 is 23.5 Å². The van der Waals surface area contributed by atoms with E-state index in [1.54, 1.807) is 19.2 Å². The van der Waals surface area contributed by atoms with Crippen LogP contribution >= 0.6 is 11.6 Å². The van der Waals surface area contributed by atoms with Crippen molar-refractivity contribution in [2.45, 2.75) is 20.3 Å². The first-order chi connectivity index (χ1) is 11.9. The van der Waals surface area contributed by atoms with E-state index in [4.69, 9.17) is 11.6 Å². The van der Waals surface area contributed by atoms with Gasteiger partial charge in [-0.3, -0.25) is 19.9 Å². The summed E-state index contributed by atoms with van der Waals surface area (Å²) in [5.41, 5.74) is 1.80. The van der Waals surface area contributed by atoms with Gasteiger partial charge in [-0.15, -0.1) is 5.10 Å². The molecule has 130 valence electrons. The fraction of sp³-hybridized carbons (Fsp3) is 0.294. The van der Waals surface area contributed by atoms with Crippen LogP contribution in [-0.2, 0) is 13.5 Å². The third-order valence-corrected chi connectivity index (χ3v) is 3.95. The zero-order chi connectivity index (χ0) is 18.0. The van der Waals surface area contributed by atoms with E-state index in [0.717, 1.165) is 17.8 Å². The number of amides is 1. The van der Waals surface area contributed by atoms with E-state index in [1.807, 2.05) is 18.2 Å². The Morgan fingerprint density at radius 1 is 1.36 bits per heavy atom. The molecule has 1 amide bonds. The van der Waals surface area contributed by atoms with E-state index in [2.05, 4.69) is 39.4 Å². The van der Waals surface area contributed by atoms with Gasteiger partial charge in [0.1, 0.15) is 11.5 Å². The lowest BCUT2D eigenvalue weighted by Gasteiger charge is -2.00. The first kappa shape index (κ1) is 17.2. The van der Waals surface area contributed by atoms with Gasteiger partial charge in [0.25, 0.3) is 5.91 Å². The third kappa shape index (κ3) is 3.88. The van der Waals surface area contributed by atoms with Gasteiger partial charge in [0, 0.05) is 19.0 Å². The highest BCUT2D eigenvalue weighted by Gasteiger charge is 2.17. The van der Waals surface area contributed by atoms with Gasteiger partial charge in [-0.2, -0.15) is 10.1 Å². The zero-order valence-corrected chi connectivity index (χ0v) is 15.0. The molecule has 1 aromatic carbocycles. The Labute approximate surface area is 150 Å². The van der Waals surface area contributed by atoms with Gasteiger partial charge in [0.15, 0.2) is 0 Å².